The van der Waals surface area contributed by atoms with Crippen LogP contribution in [0.2, 0.25) is 5.02 Å². The van der Waals surface area contributed by atoms with Crippen LogP contribution in [0.3, 0.4) is 0 Å². The molecule has 132 valence electrons. The Balaban J connectivity index is 1.82. The molecule has 0 saturated heterocycles. The van der Waals surface area contributed by atoms with E-state index in [1.807, 2.05) is 6.92 Å². The molecule has 2 aromatic carbocycles. The molecule has 0 bridgehead atoms. The second kappa shape index (κ2) is 9.03. The number of anilines is 1. The molecule has 0 aliphatic heterocycles. The fourth-order valence-electron chi connectivity index (χ4n) is 2.11. The molecule has 0 radical (unpaired) electrons. The number of hydrogen-bond acceptors (Lipinski definition) is 3. The SMILES string of the molecule is CCOc1ccc(NC(=O)CNC(=O)Cc2c(F)cccc2Cl)cc1. The molecule has 2 amide bonds. The highest BCUT2D eigenvalue weighted by Gasteiger charge is 2.12. The predicted octanol–water partition coefficient (Wildman–Crippen LogP) is 3.18. The van der Waals surface area contributed by atoms with Gasteiger partial charge in [-0.25, -0.2) is 4.39 Å². The summed E-state index contributed by atoms with van der Waals surface area (Å²) in [6.45, 7) is 2.22. The Morgan fingerprint density at radius 2 is 1.84 bits per heavy atom. The number of amides is 2. The normalized spacial score (nSPS) is 10.2. The molecular weight excluding hydrogens is 347 g/mol. The topological polar surface area (TPSA) is 67.4 Å². The highest BCUT2D eigenvalue weighted by Crippen LogP contribution is 2.19. The van der Waals surface area contributed by atoms with Crippen molar-refractivity contribution in [3.8, 4) is 5.75 Å². The van der Waals surface area contributed by atoms with Crippen molar-refractivity contribution >= 4 is 29.1 Å². The monoisotopic (exact) mass is 364 g/mol. The average Bonchev–Trinajstić information content (AvgIpc) is 2.58. The van der Waals surface area contributed by atoms with Crippen molar-refractivity contribution in [3.63, 3.8) is 0 Å². The summed E-state index contributed by atoms with van der Waals surface area (Å²) in [4.78, 5) is 23.7. The predicted molar refractivity (Wildman–Crippen MR) is 94.4 cm³/mol. The first-order valence-electron chi connectivity index (χ1n) is 7.72. The Morgan fingerprint density at radius 1 is 1.12 bits per heavy atom. The van der Waals surface area contributed by atoms with E-state index in [9.17, 15) is 14.0 Å². The Labute approximate surface area is 150 Å². The van der Waals surface area contributed by atoms with Crippen molar-refractivity contribution in [1.29, 1.82) is 0 Å². The lowest BCUT2D eigenvalue weighted by Gasteiger charge is -2.09. The fraction of sp³-hybridized carbons (Fsp3) is 0.222. The van der Waals surface area contributed by atoms with E-state index in [1.165, 1.54) is 18.2 Å². The van der Waals surface area contributed by atoms with Crippen LogP contribution in [0.25, 0.3) is 0 Å². The molecule has 0 saturated carbocycles. The van der Waals surface area contributed by atoms with Crippen LogP contribution < -0.4 is 15.4 Å². The Bertz CT molecular complexity index is 730. The maximum atomic E-state index is 13.6. The van der Waals surface area contributed by atoms with Gasteiger partial charge in [0, 0.05) is 16.3 Å². The van der Waals surface area contributed by atoms with Crippen LogP contribution in [0.15, 0.2) is 42.5 Å². The first-order valence-corrected chi connectivity index (χ1v) is 8.09. The van der Waals surface area contributed by atoms with Gasteiger partial charge < -0.3 is 15.4 Å². The molecule has 2 rings (SSSR count). The first-order chi connectivity index (χ1) is 12.0. The van der Waals surface area contributed by atoms with Gasteiger partial charge in [-0.1, -0.05) is 17.7 Å². The smallest absolute Gasteiger partial charge is 0.243 e. The Kier molecular flexibility index (Phi) is 6.77. The zero-order valence-corrected chi connectivity index (χ0v) is 14.4. The summed E-state index contributed by atoms with van der Waals surface area (Å²) < 4.78 is 18.9. The summed E-state index contributed by atoms with van der Waals surface area (Å²) in [7, 11) is 0. The minimum absolute atomic E-state index is 0.105. The molecule has 2 N–H and O–H groups in total. The minimum atomic E-state index is -0.554. The molecule has 5 nitrogen and oxygen atoms in total. The molecule has 0 heterocycles. The van der Waals surface area contributed by atoms with Crippen molar-refractivity contribution in [1.82, 2.24) is 5.32 Å². The van der Waals surface area contributed by atoms with E-state index in [0.29, 0.717) is 18.0 Å². The minimum Gasteiger partial charge on any atom is -0.494 e. The third-order valence-electron chi connectivity index (χ3n) is 3.29. The summed E-state index contributed by atoms with van der Waals surface area (Å²) >= 11 is 5.87. The third kappa shape index (κ3) is 5.76. The molecule has 7 heteroatoms. The third-order valence-corrected chi connectivity index (χ3v) is 3.65. The number of benzene rings is 2. The quantitative estimate of drug-likeness (QED) is 0.793. The zero-order chi connectivity index (χ0) is 18.2. The van der Waals surface area contributed by atoms with Crippen LogP contribution >= 0.6 is 11.6 Å². The molecule has 0 unspecified atom stereocenters. The van der Waals surface area contributed by atoms with E-state index in [-0.39, 0.29) is 23.6 Å². The first kappa shape index (κ1) is 18.7. The van der Waals surface area contributed by atoms with Crippen molar-refractivity contribution in [2.45, 2.75) is 13.3 Å². The van der Waals surface area contributed by atoms with Gasteiger partial charge in [-0.05, 0) is 43.3 Å². The van der Waals surface area contributed by atoms with E-state index in [2.05, 4.69) is 10.6 Å². The van der Waals surface area contributed by atoms with E-state index in [1.54, 1.807) is 24.3 Å². The largest absolute Gasteiger partial charge is 0.494 e. The summed E-state index contributed by atoms with van der Waals surface area (Å²) in [6, 6.07) is 11.1. The number of halogens is 2. The number of hydrogen-bond donors (Lipinski definition) is 2. The van der Waals surface area contributed by atoms with Gasteiger partial charge in [0.15, 0.2) is 0 Å². The van der Waals surface area contributed by atoms with Crippen LogP contribution in [0.1, 0.15) is 12.5 Å². The zero-order valence-electron chi connectivity index (χ0n) is 13.6. The number of carbonyl (C=O) groups is 2. The summed E-state index contributed by atoms with van der Waals surface area (Å²) in [5.41, 5.74) is 0.688. The van der Waals surface area contributed by atoms with E-state index in [0.717, 1.165) is 0 Å². The van der Waals surface area contributed by atoms with Crippen molar-refractivity contribution < 1.29 is 18.7 Å². The second-order valence-corrected chi connectivity index (χ2v) is 5.57. The van der Waals surface area contributed by atoms with Gasteiger partial charge in [0.05, 0.1) is 19.6 Å². The van der Waals surface area contributed by atoms with E-state index in [4.69, 9.17) is 16.3 Å². The summed E-state index contributed by atoms with van der Waals surface area (Å²) in [6.07, 6.45) is -0.234. The maximum Gasteiger partial charge on any atom is 0.243 e. The van der Waals surface area contributed by atoms with Gasteiger partial charge in [0.25, 0.3) is 0 Å². The molecule has 0 atom stereocenters. The van der Waals surface area contributed by atoms with Gasteiger partial charge in [-0.2, -0.15) is 0 Å². The maximum absolute atomic E-state index is 13.6. The van der Waals surface area contributed by atoms with E-state index < -0.39 is 17.6 Å². The summed E-state index contributed by atoms with van der Waals surface area (Å²) in [5, 5.41) is 5.26. The second-order valence-electron chi connectivity index (χ2n) is 5.16. The van der Waals surface area contributed by atoms with Crippen LogP contribution in [0, 0.1) is 5.82 Å². The van der Waals surface area contributed by atoms with Gasteiger partial charge in [0.2, 0.25) is 11.8 Å². The van der Waals surface area contributed by atoms with Crippen LogP contribution in [-0.2, 0) is 16.0 Å². The summed E-state index contributed by atoms with van der Waals surface area (Å²) in [5.74, 6) is -0.733. The molecule has 2 aromatic rings. The number of ether oxygens (including phenoxy) is 1. The number of carbonyl (C=O) groups excluding carboxylic acids is 2. The lowest BCUT2D eigenvalue weighted by atomic mass is 10.1. The molecule has 0 aliphatic rings. The molecule has 0 fully saturated rings. The van der Waals surface area contributed by atoms with Gasteiger partial charge in [-0.15, -0.1) is 0 Å². The fourth-order valence-corrected chi connectivity index (χ4v) is 2.34. The highest BCUT2D eigenvalue weighted by atomic mass is 35.5. The number of nitrogens with one attached hydrogen (secondary N) is 2. The van der Waals surface area contributed by atoms with Crippen LogP contribution in [0.5, 0.6) is 5.75 Å². The van der Waals surface area contributed by atoms with Crippen molar-refractivity contribution in [2.75, 3.05) is 18.5 Å². The van der Waals surface area contributed by atoms with Crippen molar-refractivity contribution in [3.05, 3.63) is 58.9 Å². The standard InChI is InChI=1S/C18H18ClFN2O3/c1-2-25-13-8-6-12(7-9-13)22-18(24)11-21-17(23)10-14-15(19)4-3-5-16(14)20/h3-9H,2,10-11H2,1H3,(H,21,23)(H,22,24). The Morgan fingerprint density at radius 3 is 2.48 bits per heavy atom. The molecule has 0 aromatic heterocycles. The Hall–Kier alpha value is -2.60. The van der Waals surface area contributed by atoms with Crippen LogP contribution in [-0.4, -0.2) is 25.0 Å². The average molecular weight is 365 g/mol. The molecule has 0 spiro atoms. The number of rotatable bonds is 7. The van der Waals surface area contributed by atoms with Gasteiger partial charge in [-0.3, -0.25) is 9.59 Å². The van der Waals surface area contributed by atoms with Gasteiger partial charge in [0.1, 0.15) is 11.6 Å². The van der Waals surface area contributed by atoms with Crippen LogP contribution in [0.4, 0.5) is 10.1 Å². The molecule has 25 heavy (non-hydrogen) atoms. The van der Waals surface area contributed by atoms with E-state index >= 15 is 0 Å². The lowest BCUT2D eigenvalue weighted by molar-refractivity contribution is -0.123. The molecular formula is C18H18ClFN2O3. The van der Waals surface area contributed by atoms with Gasteiger partial charge >= 0.3 is 0 Å². The van der Waals surface area contributed by atoms with Crippen molar-refractivity contribution in [2.24, 2.45) is 0 Å². The lowest BCUT2D eigenvalue weighted by Crippen LogP contribution is -2.34. The highest BCUT2D eigenvalue weighted by molar-refractivity contribution is 6.31. The molecule has 0 aliphatic carbocycles.